The topological polar surface area (TPSA) is 75.4 Å². The van der Waals surface area contributed by atoms with Gasteiger partial charge in [0.2, 0.25) is 0 Å². The highest BCUT2D eigenvalue weighted by atomic mass is 16.4. The fourth-order valence-electron chi connectivity index (χ4n) is 2.08. The van der Waals surface area contributed by atoms with Crippen LogP contribution in [-0.2, 0) is 0 Å². The van der Waals surface area contributed by atoms with Gasteiger partial charge in [-0.15, -0.1) is 0 Å². The Bertz CT molecular complexity index is 604. The van der Waals surface area contributed by atoms with E-state index in [1.54, 1.807) is 12.1 Å². The maximum Gasteiger partial charge on any atom is 0.356 e. The number of carboxylic acid groups (broad SMARTS) is 1. The first-order chi connectivity index (χ1) is 8.99. The molecule has 2 aromatic heterocycles. The first-order valence-electron chi connectivity index (χ1n) is 6.01. The molecule has 1 atom stereocenters. The summed E-state index contributed by atoms with van der Waals surface area (Å²) in [7, 11) is 0. The number of aromatic carboxylic acids is 1. The molecular weight excluding hydrogens is 244 g/mol. The van der Waals surface area contributed by atoms with Crippen LogP contribution in [0.5, 0.6) is 0 Å². The number of aryl methyl sites for hydroxylation is 2. The lowest BCUT2D eigenvalue weighted by molar-refractivity contribution is 0.0691. The van der Waals surface area contributed by atoms with Crippen LogP contribution in [0.15, 0.2) is 28.8 Å². The zero-order chi connectivity index (χ0) is 14.0. The molecule has 0 amide bonds. The second kappa shape index (κ2) is 5.14. The number of hydrogen-bond acceptors (Lipinski definition) is 4. The fourth-order valence-corrected chi connectivity index (χ4v) is 2.08. The van der Waals surface area contributed by atoms with E-state index in [-0.39, 0.29) is 11.7 Å². The van der Waals surface area contributed by atoms with Crippen molar-refractivity contribution in [2.75, 3.05) is 5.32 Å². The largest absolute Gasteiger partial charge is 0.476 e. The summed E-state index contributed by atoms with van der Waals surface area (Å²) in [6.07, 6.45) is 1.46. The molecule has 0 aromatic carbocycles. The summed E-state index contributed by atoms with van der Waals surface area (Å²) < 4.78 is 5.48. The van der Waals surface area contributed by atoms with Crippen LogP contribution in [0.25, 0.3) is 0 Å². The Labute approximate surface area is 111 Å². The molecule has 0 spiro atoms. The molecular formula is C14H16N2O3. The molecule has 0 bridgehead atoms. The molecule has 0 radical (unpaired) electrons. The van der Waals surface area contributed by atoms with Crippen molar-refractivity contribution in [3.05, 3.63) is 47.2 Å². The lowest BCUT2D eigenvalue weighted by Gasteiger charge is -2.15. The molecule has 1 unspecified atom stereocenters. The van der Waals surface area contributed by atoms with E-state index in [0.717, 1.165) is 17.1 Å². The number of anilines is 1. The molecule has 5 nitrogen and oxygen atoms in total. The van der Waals surface area contributed by atoms with Crippen molar-refractivity contribution in [2.24, 2.45) is 0 Å². The quantitative estimate of drug-likeness (QED) is 0.883. The summed E-state index contributed by atoms with van der Waals surface area (Å²) in [5.74, 6) is 0.624. The molecule has 2 rings (SSSR count). The number of furan rings is 1. The molecule has 0 aliphatic carbocycles. The van der Waals surface area contributed by atoms with E-state index in [4.69, 9.17) is 9.52 Å². The summed E-state index contributed by atoms with van der Waals surface area (Å²) in [6, 6.07) is 5.30. The fraction of sp³-hybridized carbons (Fsp3) is 0.286. The first kappa shape index (κ1) is 13.1. The lowest BCUT2D eigenvalue weighted by atomic mass is 10.1. The highest BCUT2D eigenvalue weighted by molar-refractivity contribution is 5.91. The zero-order valence-electron chi connectivity index (χ0n) is 11.1. The minimum atomic E-state index is -1.05. The average molecular weight is 260 g/mol. The van der Waals surface area contributed by atoms with Gasteiger partial charge in [-0.05, 0) is 39.0 Å². The van der Waals surface area contributed by atoms with Gasteiger partial charge >= 0.3 is 5.97 Å². The monoisotopic (exact) mass is 260 g/mol. The van der Waals surface area contributed by atoms with Gasteiger partial charge in [0.25, 0.3) is 0 Å². The summed E-state index contributed by atoms with van der Waals surface area (Å²) in [5.41, 5.74) is 1.53. The van der Waals surface area contributed by atoms with E-state index in [1.165, 1.54) is 6.20 Å². The molecule has 100 valence electrons. The summed E-state index contributed by atoms with van der Waals surface area (Å²) in [5, 5.41) is 12.2. The van der Waals surface area contributed by atoms with Gasteiger partial charge in [0.1, 0.15) is 11.5 Å². The van der Waals surface area contributed by atoms with E-state index >= 15 is 0 Å². The molecule has 2 heterocycles. The average Bonchev–Trinajstić information content (AvgIpc) is 2.69. The van der Waals surface area contributed by atoms with Crippen LogP contribution in [-0.4, -0.2) is 16.1 Å². The van der Waals surface area contributed by atoms with Crippen molar-refractivity contribution < 1.29 is 14.3 Å². The summed E-state index contributed by atoms with van der Waals surface area (Å²) in [6.45, 7) is 5.73. The zero-order valence-corrected chi connectivity index (χ0v) is 11.1. The second-order valence-corrected chi connectivity index (χ2v) is 4.44. The van der Waals surface area contributed by atoms with E-state index in [2.05, 4.69) is 10.3 Å². The van der Waals surface area contributed by atoms with Gasteiger partial charge in [0.05, 0.1) is 11.7 Å². The van der Waals surface area contributed by atoms with Gasteiger partial charge < -0.3 is 14.8 Å². The summed E-state index contributed by atoms with van der Waals surface area (Å²) >= 11 is 0. The third-order valence-electron chi connectivity index (χ3n) is 2.93. The smallest absolute Gasteiger partial charge is 0.356 e. The molecule has 2 N–H and O–H groups in total. The first-order valence-corrected chi connectivity index (χ1v) is 6.01. The minimum absolute atomic E-state index is 0.0206. The van der Waals surface area contributed by atoms with Gasteiger partial charge in [0, 0.05) is 11.8 Å². The van der Waals surface area contributed by atoms with Crippen LogP contribution >= 0.6 is 0 Å². The minimum Gasteiger partial charge on any atom is -0.476 e. The van der Waals surface area contributed by atoms with Crippen molar-refractivity contribution in [1.82, 2.24) is 4.98 Å². The number of rotatable bonds is 4. The van der Waals surface area contributed by atoms with E-state index in [0.29, 0.717) is 5.69 Å². The third kappa shape index (κ3) is 2.76. The van der Waals surface area contributed by atoms with Crippen molar-refractivity contribution in [3.8, 4) is 0 Å². The van der Waals surface area contributed by atoms with E-state index in [9.17, 15) is 4.79 Å². The van der Waals surface area contributed by atoms with Gasteiger partial charge in [0.15, 0.2) is 5.69 Å². The predicted molar refractivity (Wildman–Crippen MR) is 71.4 cm³/mol. The van der Waals surface area contributed by atoms with Crippen LogP contribution < -0.4 is 5.32 Å². The molecule has 5 heteroatoms. The second-order valence-electron chi connectivity index (χ2n) is 4.44. The predicted octanol–water partition coefficient (Wildman–Crippen LogP) is 3.16. The van der Waals surface area contributed by atoms with Crippen molar-refractivity contribution in [1.29, 1.82) is 0 Å². The SMILES string of the molecule is Cc1cc(C(C)Nc2cccnc2C(=O)O)c(C)o1. The van der Waals surface area contributed by atoms with Gasteiger partial charge in [-0.2, -0.15) is 0 Å². The molecule has 0 fully saturated rings. The molecule has 0 saturated carbocycles. The number of pyridine rings is 1. The number of nitrogens with zero attached hydrogens (tertiary/aromatic N) is 1. The van der Waals surface area contributed by atoms with Crippen LogP contribution in [0.3, 0.4) is 0 Å². The maximum atomic E-state index is 11.1. The number of hydrogen-bond donors (Lipinski definition) is 2. The molecule has 0 aliphatic heterocycles. The molecule has 19 heavy (non-hydrogen) atoms. The third-order valence-corrected chi connectivity index (χ3v) is 2.93. The van der Waals surface area contributed by atoms with E-state index < -0.39 is 5.97 Å². The normalized spacial score (nSPS) is 12.2. The lowest BCUT2D eigenvalue weighted by Crippen LogP contribution is -2.12. The Morgan fingerprint density at radius 2 is 2.21 bits per heavy atom. The van der Waals surface area contributed by atoms with Crippen molar-refractivity contribution >= 4 is 11.7 Å². The highest BCUT2D eigenvalue weighted by Gasteiger charge is 2.16. The summed E-state index contributed by atoms with van der Waals surface area (Å²) in [4.78, 5) is 15.0. The number of carbonyl (C=O) groups is 1. The van der Waals surface area contributed by atoms with Crippen LogP contribution in [0.2, 0.25) is 0 Å². The van der Waals surface area contributed by atoms with Crippen molar-refractivity contribution in [2.45, 2.75) is 26.8 Å². The number of aromatic nitrogens is 1. The van der Waals surface area contributed by atoms with Crippen LogP contribution in [0.1, 0.15) is 40.5 Å². The van der Waals surface area contributed by atoms with Gasteiger partial charge in [-0.1, -0.05) is 0 Å². The van der Waals surface area contributed by atoms with Crippen LogP contribution in [0, 0.1) is 13.8 Å². The Morgan fingerprint density at radius 1 is 1.47 bits per heavy atom. The van der Waals surface area contributed by atoms with Gasteiger partial charge in [-0.3, -0.25) is 0 Å². The highest BCUT2D eigenvalue weighted by Crippen LogP contribution is 2.25. The Kier molecular flexibility index (Phi) is 3.55. The van der Waals surface area contributed by atoms with Gasteiger partial charge in [-0.25, -0.2) is 9.78 Å². The molecule has 2 aromatic rings. The molecule has 0 saturated heterocycles. The van der Waals surface area contributed by atoms with Crippen LogP contribution in [0.4, 0.5) is 5.69 Å². The van der Waals surface area contributed by atoms with E-state index in [1.807, 2.05) is 26.8 Å². The number of carboxylic acids is 1. The standard InChI is InChI=1S/C14H16N2O3/c1-8-7-11(10(3)19-8)9(2)16-12-5-4-6-15-13(12)14(17)18/h4-7,9,16H,1-3H3,(H,17,18). The maximum absolute atomic E-state index is 11.1. The molecule has 0 aliphatic rings. The Hall–Kier alpha value is -2.30. The Morgan fingerprint density at radius 3 is 2.79 bits per heavy atom. The van der Waals surface area contributed by atoms with Crippen molar-refractivity contribution in [3.63, 3.8) is 0 Å². The Balaban J connectivity index is 2.26. The number of nitrogens with one attached hydrogen (secondary N) is 1.